The molecule has 1 aliphatic rings. The zero-order chi connectivity index (χ0) is 8.81. The first-order chi connectivity index (χ1) is 5.88. The Morgan fingerprint density at radius 2 is 1.92 bits per heavy atom. The van der Waals surface area contributed by atoms with E-state index in [-0.39, 0.29) is 0 Å². The molecule has 0 aromatic carbocycles. The monoisotopic (exact) mass is 172 g/mol. The molecule has 12 heavy (non-hydrogen) atoms. The van der Waals surface area contributed by atoms with Crippen molar-refractivity contribution >= 4 is 0 Å². The lowest BCUT2D eigenvalue weighted by Gasteiger charge is -2.30. The molecule has 1 aliphatic carbocycles. The maximum absolute atomic E-state index is 8.86. The van der Waals surface area contributed by atoms with Gasteiger partial charge in [0.1, 0.15) is 0 Å². The fourth-order valence-electron chi connectivity index (χ4n) is 2.26. The Morgan fingerprint density at radius 3 is 2.50 bits per heavy atom. The van der Waals surface area contributed by atoms with Crippen molar-refractivity contribution in [2.45, 2.75) is 32.1 Å². The van der Waals surface area contributed by atoms with Gasteiger partial charge in [-0.2, -0.15) is 0 Å². The van der Waals surface area contributed by atoms with Crippen LogP contribution in [0.2, 0.25) is 0 Å². The molecule has 0 heterocycles. The lowest BCUT2D eigenvalue weighted by molar-refractivity contribution is 0.0812. The van der Waals surface area contributed by atoms with Crippen molar-refractivity contribution in [3.63, 3.8) is 0 Å². The highest BCUT2D eigenvalue weighted by molar-refractivity contribution is 4.74. The van der Waals surface area contributed by atoms with Gasteiger partial charge in [-0.1, -0.05) is 19.3 Å². The lowest BCUT2D eigenvalue weighted by Crippen LogP contribution is -2.24. The van der Waals surface area contributed by atoms with E-state index in [1.54, 1.807) is 7.11 Å². The van der Waals surface area contributed by atoms with Crippen molar-refractivity contribution in [2.24, 2.45) is 11.8 Å². The number of hydrogen-bond acceptors (Lipinski definition) is 2. The molecule has 0 spiro atoms. The van der Waals surface area contributed by atoms with Gasteiger partial charge in [0.05, 0.1) is 0 Å². The van der Waals surface area contributed by atoms with Gasteiger partial charge in [0.2, 0.25) is 0 Å². The summed E-state index contributed by atoms with van der Waals surface area (Å²) in [6.07, 6.45) is 6.22. The molecule has 1 rings (SSSR count). The van der Waals surface area contributed by atoms with Gasteiger partial charge in [0, 0.05) is 20.3 Å². The van der Waals surface area contributed by atoms with Crippen LogP contribution in [0.25, 0.3) is 0 Å². The maximum atomic E-state index is 8.86. The van der Waals surface area contributed by atoms with Crippen molar-refractivity contribution < 1.29 is 9.84 Å². The van der Waals surface area contributed by atoms with Crippen LogP contribution in [0.4, 0.5) is 0 Å². The van der Waals surface area contributed by atoms with Gasteiger partial charge < -0.3 is 9.84 Å². The number of aliphatic hydroxyl groups excluding tert-OH is 1. The van der Waals surface area contributed by atoms with Crippen molar-refractivity contribution in [2.75, 3.05) is 20.3 Å². The van der Waals surface area contributed by atoms with E-state index in [9.17, 15) is 0 Å². The Labute approximate surface area is 74.9 Å². The average molecular weight is 172 g/mol. The van der Waals surface area contributed by atoms with Gasteiger partial charge in [0.25, 0.3) is 0 Å². The largest absolute Gasteiger partial charge is 0.396 e. The van der Waals surface area contributed by atoms with E-state index in [0.29, 0.717) is 18.4 Å². The normalized spacial score (nSPS) is 30.5. The van der Waals surface area contributed by atoms with E-state index in [4.69, 9.17) is 9.84 Å². The Balaban J connectivity index is 2.31. The predicted octanol–water partition coefficient (Wildman–Crippen LogP) is 1.82. The number of hydrogen-bond donors (Lipinski definition) is 1. The second kappa shape index (κ2) is 5.55. The van der Waals surface area contributed by atoms with Crippen LogP contribution in [0.5, 0.6) is 0 Å². The first-order valence-corrected chi connectivity index (χ1v) is 4.98. The van der Waals surface area contributed by atoms with Crippen molar-refractivity contribution in [1.29, 1.82) is 0 Å². The predicted molar refractivity (Wildman–Crippen MR) is 49.0 cm³/mol. The summed E-state index contributed by atoms with van der Waals surface area (Å²) in [6.45, 7) is 1.22. The summed E-state index contributed by atoms with van der Waals surface area (Å²) in [5.41, 5.74) is 0. The summed E-state index contributed by atoms with van der Waals surface area (Å²) in [7, 11) is 1.77. The first kappa shape index (κ1) is 10.0. The third kappa shape index (κ3) is 2.76. The van der Waals surface area contributed by atoms with Gasteiger partial charge in [-0.3, -0.25) is 0 Å². The number of methoxy groups -OCH3 is 1. The molecule has 1 fully saturated rings. The van der Waals surface area contributed by atoms with E-state index in [0.717, 1.165) is 13.0 Å². The molecule has 0 aromatic rings. The molecule has 1 saturated carbocycles. The van der Waals surface area contributed by atoms with Crippen LogP contribution in [-0.4, -0.2) is 25.4 Å². The zero-order valence-corrected chi connectivity index (χ0v) is 7.96. The molecular weight excluding hydrogens is 152 g/mol. The topological polar surface area (TPSA) is 29.5 Å². The highest BCUT2D eigenvalue weighted by atomic mass is 16.5. The molecule has 0 aliphatic heterocycles. The summed E-state index contributed by atoms with van der Waals surface area (Å²) < 4.78 is 5.18. The Bertz CT molecular complexity index is 96.4. The Hall–Kier alpha value is -0.0800. The third-order valence-electron chi connectivity index (χ3n) is 2.95. The van der Waals surface area contributed by atoms with Gasteiger partial charge in [-0.25, -0.2) is 0 Å². The van der Waals surface area contributed by atoms with Crippen molar-refractivity contribution in [3.05, 3.63) is 0 Å². The van der Waals surface area contributed by atoms with Gasteiger partial charge >= 0.3 is 0 Å². The molecule has 2 nitrogen and oxygen atoms in total. The molecule has 1 N–H and O–H groups in total. The van der Waals surface area contributed by atoms with E-state index in [1.165, 1.54) is 25.7 Å². The smallest absolute Gasteiger partial charge is 0.0493 e. The van der Waals surface area contributed by atoms with Crippen LogP contribution < -0.4 is 0 Å². The maximum Gasteiger partial charge on any atom is 0.0493 e. The van der Waals surface area contributed by atoms with E-state index >= 15 is 0 Å². The van der Waals surface area contributed by atoms with E-state index in [2.05, 4.69) is 0 Å². The number of rotatable bonds is 4. The molecule has 0 amide bonds. The number of aliphatic hydroxyl groups is 1. The Morgan fingerprint density at radius 1 is 1.25 bits per heavy atom. The average Bonchev–Trinajstić information content (AvgIpc) is 2.09. The molecule has 0 saturated heterocycles. The second-order valence-corrected chi connectivity index (χ2v) is 3.77. The minimum atomic E-state index is 0.338. The quantitative estimate of drug-likeness (QED) is 0.701. The molecule has 0 bridgehead atoms. The minimum absolute atomic E-state index is 0.338. The van der Waals surface area contributed by atoms with Crippen LogP contribution >= 0.6 is 0 Å². The fourth-order valence-corrected chi connectivity index (χ4v) is 2.26. The molecule has 2 heteroatoms. The summed E-state index contributed by atoms with van der Waals surface area (Å²) in [5, 5.41) is 8.86. The van der Waals surface area contributed by atoms with Crippen LogP contribution in [-0.2, 0) is 4.74 Å². The van der Waals surface area contributed by atoms with Crippen LogP contribution in [0.3, 0.4) is 0 Å². The summed E-state index contributed by atoms with van der Waals surface area (Å²) in [5.74, 6) is 1.42. The lowest BCUT2D eigenvalue weighted by atomic mass is 9.78. The van der Waals surface area contributed by atoms with Crippen LogP contribution in [0.1, 0.15) is 32.1 Å². The van der Waals surface area contributed by atoms with Crippen LogP contribution in [0, 0.1) is 11.8 Å². The summed E-state index contributed by atoms with van der Waals surface area (Å²) >= 11 is 0. The van der Waals surface area contributed by atoms with Gasteiger partial charge in [-0.05, 0) is 24.7 Å². The molecule has 2 atom stereocenters. The minimum Gasteiger partial charge on any atom is -0.396 e. The first-order valence-electron chi connectivity index (χ1n) is 4.98. The van der Waals surface area contributed by atoms with E-state index < -0.39 is 0 Å². The zero-order valence-electron chi connectivity index (χ0n) is 7.96. The number of ether oxygens (including phenoxy) is 1. The molecule has 0 aromatic heterocycles. The SMILES string of the molecule is COCC1CCCCC1CCO. The highest BCUT2D eigenvalue weighted by Gasteiger charge is 2.23. The third-order valence-corrected chi connectivity index (χ3v) is 2.95. The van der Waals surface area contributed by atoms with Crippen LogP contribution in [0.15, 0.2) is 0 Å². The molecule has 72 valence electrons. The Kier molecular flexibility index (Phi) is 4.62. The van der Waals surface area contributed by atoms with Gasteiger partial charge in [-0.15, -0.1) is 0 Å². The summed E-state index contributed by atoms with van der Waals surface area (Å²) in [6, 6.07) is 0. The van der Waals surface area contributed by atoms with E-state index in [1.807, 2.05) is 0 Å². The second-order valence-electron chi connectivity index (χ2n) is 3.77. The summed E-state index contributed by atoms with van der Waals surface area (Å²) in [4.78, 5) is 0. The fraction of sp³-hybridized carbons (Fsp3) is 1.00. The van der Waals surface area contributed by atoms with Crippen molar-refractivity contribution in [3.8, 4) is 0 Å². The molecule has 2 unspecified atom stereocenters. The molecular formula is C10H20O2. The highest BCUT2D eigenvalue weighted by Crippen LogP contribution is 2.32. The van der Waals surface area contributed by atoms with Gasteiger partial charge in [0.15, 0.2) is 0 Å². The molecule has 0 radical (unpaired) electrons. The van der Waals surface area contributed by atoms with Crippen molar-refractivity contribution in [1.82, 2.24) is 0 Å². The standard InChI is InChI=1S/C10H20O2/c1-12-8-10-5-3-2-4-9(10)6-7-11/h9-11H,2-8H2,1H3.